The molecule has 0 saturated carbocycles. The monoisotopic (exact) mass is 263 g/mol. The second-order valence-corrected chi connectivity index (χ2v) is 4.75. The first kappa shape index (κ1) is 11.0. The van der Waals surface area contributed by atoms with Crippen LogP contribution in [0.15, 0.2) is 18.2 Å². The fourth-order valence-electron chi connectivity index (χ4n) is 1.84. The third-order valence-electron chi connectivity index (χ3n) is 2.62. The van der Waals surface area contributed by atoms with Gasteiger partial charge in [-0.2, -0.15) is 0 Å². The zero-order chi connectivity index (χ0) is 12.7. The van der Waals surface area contributed by atoms with Gasteiger partial charge in [0, 0.05) is 0 Å². The van der Waals surface area contributed by atoms with Crippen LogP contribution < -0.4 is 4.74 Å². The molecule has 2 aromatic heterocycles. The third kappa shape index (κ3) is 1.60. The molecule has 0 atom stereocenters. The lowest BCUT2D eigenvalue weighted by atomic mass is 10.3. The van der Waals surface area contributed by atoms with Crippen molar-refractivity contribution in [2.24, 2.45) is 0 Å². The molecule has 0 spiro atoms. The van der Waals surface area contributed by atoms with E-state index in [-0.39, 0.29) is 6.42 Å². The first-order valence-electron chi connectivity index (χ1n) is 5.21. The van der Waals surface area contributed by atoms with E-state index in [2.05, 4.69) is 10.2 Å². The van der Waals surface area contributed by atoms with E-state index in [1.165, 1.54) is 11.3 Å². The van der Waals surface area contributed by atoms with Gasteiger partial charge in [-0.05, 0) is 18.2 Å². The van der Waals surface area contributed by atoms with E-state index in [1.807, 2.05) is 18.2 Å². The van der Waals surface area contributed by atoms with E-state index in [0.717, 1.165) is 16.0 Å². The molecule has 0 aliphatic carbocycles. The number of ether oxygens (including phenoxy) is 1. The largest absolute Gasteiger partial charge is 0.497 e. The Morgan fingerprint density at radius 3 is 3.06 bits per heavy atom. The van der Waals surface area contributed by atoms with Crippen molar-refractivity contribution in [3.8, 4) is 5.75 Å². The Morgan fingerprint density at radius 1 is 1.50 bits per heavy atom. The molecule has 18 heavy (non-hydrogen) atoms. The van der Waals surface area contributed by atoms with Crippen LogP contribution in [0.2, 0.25) is 0 Å². The van der Waals surface area contributed by atoms with Crippen molar-refractivity contribution in [2.45, 2.75) is 6.42 Å². The molecule has 92 valence electrons. The van der Waals surface area contributed by atoms with Crippen molar-refractivity contribution in [1.82, 2.24) is 14.6 Å². The summed E-state index contributed by atoms with van der Waals surface area (Å²) in [5.41, 5.74) is 0.900. The minimum Gasteiger partial charge on any atom is -0.497 e. The third-order valence-corrected chi connectivity index (χ3v) is 3.61. The van der Waals surface area contributed by atoms with Crippen LogP contribution in [-0.4, -0.2) is 32.8 Å². The van der Waals surface area contributed by atoms with Crippen molar-refractivity contribution in [2.75, 3.05) is 7.11 Å². The number of carbonyl (C=O) groups is 1. The van der Waals surface area contributed by atoms with E-state index in [9.17, 15) is 4.79 Å². The number of nitrogens with zero attached hydrogens (tertiary/aromatic N) is 3. The van der Waals surface area contributed by atoms with Gasteiger partial charge in [0.05, 0.1) is 17.3 Å². The maximum absolute atomic E-state index is 10.8. The summed E-state index contributed by atoms with van der Waals surface area (Å²) < 4.78 is 7.92. The summed E-state index contributed by atoms with van der Waals surface area (Å²) >= 11 is 1.46. The second-order valence-electron chi connectivity index (χ2n) is 3.74. The maximum atomic E-state index is 10.8. The number of carboxylic acids is 1. The van der Waals surface area contributed by atoms with Crippen LogP contribution in [0.4, 0.5) is 0 Å². The maximum Gasteiger partial charge on any atom is 0.311 e. The summed E-state index contributed by atoms with van der Waals surface area (Å²) in [7, 11) is 1.61. The van der Waals surface area contributed by atoms with Gasteiger partial charge in [-0.3, -0.25) is 9.20 Å². The Morgan fingerprint density at radius 2 is 2.33 bits per heavy atom. The van der Waals surface area contributed by atoms with Gasteiger partial charge in [-0.1, -0.05) is 11.3 Å². The van der Waals surface area contributed by atoms with Crippen LogP contribution in [0, 0.1) is 0 Å². The predicted octanol–water partition coefficient (Wildman–Crippen LogP) is 1.58. The highest BCUT2D eigenvalue weighted by Crippen LogP contribution is 2.29. The Labute approximate surface area is 105 Å². The minimum absolute atomic E-state index is 0.140. The van der Waals surface area contributed by atoms with Gasteiger partial charge in [-0.15, -0.1) is 10.2 Å². The van der Waals surface area contributed by atoms with Gasteiger partial charge < -0.3 is 9.84 Å². The normalized spacial score (nSPS) is 11.2. The zero-order valence-corrected chi connectivity index (χ0v) is 10.3. The smallest absolute Gasteiger partial charge is 0.311 e. The molecule has 3 aromatic rings. The summed E-state index contributed by atoms with van der Waals surface area (Å²) in [5, 5.41) is 16.7. The standard InChI is InChI=1S/C11H9N3O3S/c1-17-6-2-3-7-8(4-6)18-11-13-12-9(14(7)11)5-10(15)16/h2-4H,5H2,1H3,(H,15,16). The molecular formula is C11H9N3O3S. The molecule has 0 fully saturated rings. The zero-order valence-electron chi connectivity index (χ0n) is 9.45. The molecule has 3 rings (SSSR count). The number of aromatic nitrogens is 3. The number of fused-ring (bicyclic) bond motifs is 3. The molecule has 0 radical (unpaired) electrons. The number of rotatable bonds is 3. The van der Waals surface area contributed by atoms with E-state index in [4.69, 9.17) is 9.84 Å². The van der Waals surface area contributed by atoms with Crippen LogP contribution >= 0.6 is 11.3 Å². The highest BCUT2D eigenvalue weighted by molar-refractivity contribution is 7.23. The molecule has 0 unspecified atom stereocenters. The number of carboxylic acid groups (broad SMARTS) is 1. The first-order chi connectivity index (χ1) is 8.69. The van der Waals surface area contributed by atoms with Gasteiger partial charge in [0.1, 0.15) is 18.0 Å². The quantitative estimate of drug-likeness (QED) is 0.776. The van der Waals surface area contributed by atoms with Crippen LogP contribution in [0.1, 0.15) is 5.82 Å². The molecular weight excluding hydrogens is 254 g/mol. The van der Waals surface area contributed by atoms with Crippen molar-refractivity contribution < 1.29 is 14.6 Å². The van der Waals surface area contributed by atoms with Crippen LogP contribution in [0.5, 0.6) is 5.75 Å². The number of hydrogen-bond donors (Lipinski definition) is 1. The van der Waals surface area contributed by atoms with Gasteiger partial charge in [0.15, 0.2) is 0 Å². The molecule has 6 nitrogen and oxygen atoms in total. The SMILES string of the molecule is COc1ccc2c(c1)sc1nnc(CC(=O)O)n12. The van der Waals surface area contributed by atoms with Gasteiger partial charge >= 0.3 is 5.97 Å². The highest BCUT2D eigenvalue weighted by atomic mass is 32.1. The Bertz CT molecular complexity index is 746. The molecule has 0 bridgehead atoms. The van der Waals surface area contributed by atoms with Crippen LogP contribution in [-0.2, 0) is 11.2 Å². The number of benzene rings is 1. The molecule has 1 N–H and O–H groups in total. The second kappa shape index (κ2) is 3.95. The lowest BCUT2D eigenvalue weighted by Gasteiger charge is -1.99. The summed E-state index contributed by atoms with van der Waals surface area (Å²) in [6.07, 6.45) is -0.140. The van der Waals surface area contributed by atoms with Crippen molar-refractivity contribution in [3.05, 3.63) is 24.0 Å². The Balaban J connectivity index is 2.26. The number of methoxy groups -OCH3 is 1. The highest BCUT2D eigenvalue weighted by Gasteiger charge is 2.14. The van der Waals surface area contributed by atoms with E-state index in [0.29, 0.717) is 10.8 Å². The molecule has 0 saturated heterocycles. The summed E-state index contributed by atoms with van der Waals surface area (Å²) in [4.78, 5) is 11.5. The summed E-state index contributed by atoms with van der Waals surface area (Å²) in [5.74, 6) is 0.283. The molecule has 0 aliphatic rings. The summed E-state index contributed by atoms with van der Waals surface area (Å²) in [6.45, 7) is 0. The fraction of sp³-hybridized carbons (Fsp3) is 0.182. The fourth-order valence-corrected chi connectivity index (χ4v) is 2.86. The van der Waals surface area contributed by atoms with Gasteiger partial charge in [0.25, 0.3) is 0 Å². The lowest BCUT2D eigenvalue weighted by molar-refractivity contribution is -0.136. The summed E-state index contributed by atoms with van der Waals surface area (Å²) in [6, 6.07) is 5.62. The van der Waals surface area contributed by atoms with Gasteiger partial charge in [0.2, 0.25) is 4.96 Å². The predicted molar refractivity (Wildman–Crippen MR) is 66.3 cm³/mol. The molecule has 0 amide bonds. The van der Waals surface area contributed by atoms with Crippen LogP contribution in [0.3, 0.4) is 0 Å². The number of thiazole rings is 1. The molecule has 0 aliphatic heterocycles. The lowest BCUT2D eigenvalue weighted by Crippen LogP contribution is -2.04. The Kier molecular flexibility index (Phi) is 2.41. The molecule has 1 aromatic carbocycles. The number of hydrogen-bond acceptors (Lipinski definition) is 5. The minimum atomic E-state index is -0.919. The topological polar surface area (TPSA) is 76.7 Å². The Hall–Kier alpha value is -2.15. The molecule has 7 heteroatoms. The molecule has 2 heterocycles. The van der Waals surface area contributed by atoms with E-state index >= 15 is 0 Å². The van der Waals surface area contributed by atoms with Crippen molar-refractivity contribution in [3.63, 3.8) is 0 Å². The first-order valence-corrected chi connectivity index (χ1v) is 6.03. The van der Waals surface area contributed by atoms with E-state index < -0.39 is 5.97 Å². The number of aliphatic carboxylic acids is 1. The van der Waals surface area contributed by atoms with E-state index in [1.54, 1.807) is 11.5 Å². The average molecular weight is 263 g/mol. The van der Waals surface area contributed by atoms with Crippen molar-refractivity contribution in [1.29, 1.82) is 0 Å². The van der Waals surface area contributed by atoms with Crippen molar-refractivity contribution >= 4 is 32.5 Å². The van der Waals surface area contributed by atoms with Gasteiger partial charge in [-0.25, -0.2) is 0 Å². The van der Waals surface area contributed by atoms with Crippen LogP contribution in [0.25, 0.3) is 15.2 Å². The average Bonchev–Trinajstić information content (AvgIpc) is 2.87.